The molecule has 2 rings (SSSR count). The summed E-state index contributed by atoms with van der Waals surface area (Å²) in [7, 11) is -3.85. The van der Waals surface area contributed by atoms with Crippen LogP contribution in [0.5, 0.6) is 5.75 Å². The fraction of sp³-hybridized carbons (Fsp3) is 0.316. The van der Waals surface area contributed by atoms with Crippen molar-refractivity contribution in [2.75, 3.05) is 19.7 Å². The lowest BCUT2D eigenvalue weighted by molar-refractivity contribution is -0.386. The van der Waals surface area contributed by atoms with Gasteiger partial charge in [-0.25, -0.2) is 8.42 Å². The Morgan fingerprint density at radius 3 is 2.38 bits per heavy atom. The van der Waals surface area contributed by atoms with Crippen LogP contribution in [0.4, 0.5) is 5.69 Å². The molecule has 0 aromatic heterocycles. The maximum absolute atomic E-state index is 12.6. The Kier molecular flexibility index (Phi) is 7.68. The summed E-state index contributed by atoms with van der Waals surface area (Å²) < 4.78 is 31.6. The maximum atomic E-state index is 12.6. The van der Waals surface area contributed by atoms with E-state index < -0.39 is 33.1 Å². The molecule has 0 fully saturated rings. The molecule has 10 heteroatoms. The van der Waals surface area contributed by atoms with Gasteiger partial charge in [0.1, 0.15) is 0 Å². The average molecular weight is 421 g/mol. The quantitative estimate of drug-likeness (QED) is 0.464. The van der Waals surface area contributed by atoms with Gasteiger partial charge < -0.3 is 10.1 Å². The zero-order chi connectivity index (χ0) is 21.4. The zero-order valence-electron chi connectivity index (χ0n) is 16.2. The molecule has 0 saturated heterocycles. The number of nitrogens with one attached hydrogen (secondary N) is 1. The minimum absolute atomic E-state index is 0.177. The van der Waals surface area contributed by atoms with E-state index in [1.165, 1.54) is 16.4 Å². The monoisotopic (exact) mass is 421 g/mol. The normalized spacial score (nSPS) is 11.3. The second-order valence-electron chi connectivity index (χ2n) is 6.03. The molecule has 0 aliphatic heterocycles. The van der Waals surface area contributed by atoms with Gasteiger partial charge in [-0.15, -0.1) is 0 Å². The molecule has 0 aliphatic rings. The first kappa shape index (κ1) is 22.3. The molecule has 0 spiro atoms. The Hall–Kier alpha value is -2.98. The van der Waals surface area contributed by atoms with Gasteiger partial charge >= 0.3 is 5.69 Å². The number of rotatable bonds is 10. The lowest BCUT2D eigenvalue weighted by atomic mass is 10.2. The molecule has 2 aromatic rings. The Balaban J connectivity index is 2.11. The highest BCUT2D eigenvalue weighted by Gasteiger charge is 2.26. The van der Waals surface area contributed by atoms with Crippen LogP contribution in [0.3, 0.4) is 0 Å². The van der Waals surface area contributed by atoms with Crippen LogP contribution in [0, 0.1) is 10.1 Å². The first-order valence-corrected chi connectivity index (χ1v) is 10.5. The number of hydrogen-bond donors (Lipinski definition) is 1. The van der Waals surface area contributed by atoms with Gasteiger partial charge in [0.2, 0.25) is 10.0 Å². The molecule has 0 unspecified atom stereocenters. The topological polar surface area (TPSA) is 119 Å². The van der Waals surface area contributed by atoms with Gasteiger partial charge in [-0.3, -0.25) is 14.9 Å². The summed E-state index contributed by atoms with van der Waals surface area (Å²) in [6, 6.07) is 12.6. The molecular formula is C19H23N3O6S. The van der Waals surface area contributed by atoms with E-state index in [4.69, 9.17) is 4.74 Å². The largest absolute Gasteiger partial charge is 0.477 e. The molecule has 156 valence electrons. The van der Waals surface area contributed by atoms with Gasteiger partial charge in [-0.2, -0.15) is 4.31 Å². The fourth-order valence-electron chi connectivity index (χ4n) is 2.63. The van der Waals surface area contributed by atoms with Crippen molar-refractivity contribution in [2.24, 2.45) is 0 Å². The summed E-state index contributed by atoms with van der Waals surface area (Å²) in [6.45, 7) is 3.71. The number of hydrogen-bond acceptors (Lipinski definition) is 6. The number of nitro benzene ring substituents is 1. The summed E-state index contributed by atoms with van der Waals surface area (Å²) in [6.07, 6.45) is 0. The van der Waals surface area contributed by atoms with E-state index in [9.17, 15) is 23.3 Å². The van der Waals surface area contributed by atoms with Gasteiger partial charge in [-0.1, -0.05) is 44.2 Å². The molecule has 0 heterocycles. The molecule has 9 nitrogen and oxygen atoms in total. The third kappa shape index (κ3) is 5.75. The average Bonchev–Trinajstić information content (AvgIpc) is 2.72. The molecular weight excluding hydrogens is 398 g/mol. The van der Waals surface area contributed by atoms with Crippen molar-refractivity contribution in [3.63, 3.8) is 0 Å². The van der Waals surface area contributed by atoms with Crippen molar-refractivity contribution in [3.05, 3.63) is 64.2 Å². The lowest BCUT2D eigenvalue weighted by Crippen LogP contribution is -2.30. The minimum Gasteiger partial charge on any atom is -0.477 e. The molecule has 0 aliphatic carbocycles. The van der Waals surface area contributed by atoms with E-state index in [0.717, 1.165) is 11.6 Å². The number of amides is 1. The van der Waals surface area contributed by atoms with E-state index in [1.807, 2.05) is 30.3 Å². The van der Waals surface area contributed by atoms with E-state index in [0.29, 0.717) is 6.54 Å². The van der Waals surface area contributed by atoms with E-state index in [1.54, 1.807) is 13.8 Å². The minimum atomic E-state index is -3.85. The van der Waals surface area contributed by atoms with Crippen molar-refractivity contribution >= 4 is 21.6 Å². The highest BCUT2D eigenvalue weighted by Crippen LogP contribution is 2.30. The molecule has 0 saturated carbocycles. The van der Waals surface area contributed by atoms with Crippen molar-refractivity contribution in [3.8, 4) is 5.75 Å². The standard InChI is InChI=1S/C19H23N3O6S/c1-3-21(4-2)29(26,27)16-10-11-18(17(12-16)22(24)25)28-14-19(23)20-13-15-8-6-5-7-9-15/h5-12H,3-4,13-14H2,1-2H3,(H,20,23). The van der Waals surface area contributed by atoms with Crippen LogP contribution in [0.2, 0.25) is 0 Å². The second kappa shape index (κ2) is 9.99. The van der Waals surface area contributed by atoms with E-state index in [2.05, 4.69) is 5.32 Å². The summed E-state index contributed by atoms with van der Waals surface area (Å²) in [5, 5.41) is 14.0. The number of sulfonamides is 1. The molecule has 0 radical (unpaired) electrons. The highest BCUT2D eigenvalue weighted by atomic mass is 32.2. The second-order valence-corrected chi connectivity index (χ2v) is 7.96. The SMILES string of the molecule is CCN(CC)S(=O)(=O)c1ccc(OCC(=O)NCc2ccccc2)c([N+](=O)[O-])c1. The Labute approximate surface area is 169 Å². The third-order valence-corrected chi connectivity index (χ3v) is 6.21. The number of carbonyl (C=O) groups excluding carboxylic acids is 1. The Morgan fingerprint density at radius 2 is 1.79 bits per heavy atom. The molecule has 1 amide bonds. The van der Waals surface area contributed by atoms with Gasteiger partial charge in [-0.05, 0) is 17.7 Å². The predicted molar refractivity (Wildman–Crippen MR) is 107 cm³/mol. The Bertz CT molecular complexity index is 959. The fourth-order valence-corrected chi connectivity index (χ4v) is 4.10. The van der Waals surface area contributed by atoms with Crippen molar-refractivity contribution < 1.29 is 22.9 Å². The molecule has 1 N–H and O–H groups in total. The van der Waals surface area contributed by atoms with Crippen LogP contribution in [0.1, 0.15) is 19.4 Å². The lowest BCUT2D eigenvalue weighted by Gasteiger charge is -2.18. The summed E-state index contributed by atoms with van der Waals surface area (Å²) in [5.41, 5.74) is 0.381. The van der Waals surface area contributed by atoms with Gasteiger partial charge in [0, 0.05) is 25.7 Å². The Morgan fingerprint density at radius 1 is 1.14 bits per heavy atom. The van der Waals surface area contributed by atoms with Crippen LogP contribution >= 0.6 is 0 Å². The van der Waals surface area contributed by atoms with Gasteiger partial charge in [0.05, 0.1) is 9.82 Å². The highest BCUT2D eigenvalue weighted by molar-refractivity contribution is 7.89. The summed E-state index contributed by atoms with van der Waals surface area (Å²) in [5.74, 6) is -0.633. The predicted octanol–water partition coefficient (Wildman–Crippen LogP) is 2.32. The van der Waals surface area contributed by atoms with E-state index in [-0.39, 0.29) is 23.7 Å². The summed E-state index contributed by atoms with van der Waals surface area (Å²) in [4.78, 5) is 22.4. The molecule has 29 heavy (non-hydrogen) atoms. The van der Waals surface area contributed by atoms with Crippen LogP contribution in [-0.2, 0) is 21.4 Å². The third-order valence-electron chi connectivity index (χ3n) is 4.16. The number of nitro groups is 1. The van der Waals surface area contributed by atoms with Gasteiger partial charge in [0.15, 0.2) is 12.4 Å². The van der Waals surface area contributed by atoms with Crippen LogP contribution < -0.4 is 10.1 Å². The smallest absolute Gasteiger partial charge is 0.312 e. The first-order valence-electron chi connectivity index (χ1n) is 9.01. The van der Waals surface area contributed by atoms with E-state index >= 15 is 0 Å². The van der Waals surface area contributed by atoms with Crippen LogP contribution in [-0.4, -0.2) is 43.2 Å². The zero-order valence-corrected chi connectivity index (χ0v) is 17.0. The molecule has 2 aromatic carbocycles. The number of nitrogens with zero attached hydrogens (tertiary/aromatic N) is 2. The van der Waals surface area contributed by atoms with Crippen molar-refractivity contribution in [1.29, 1.82) is 0 Å². The number of carbonyl (C=O) groups is 1. The first-order chi connectivity index (χ1) is 13.8. The van der Waals surface area contributed by atoms with Crippen molar-refractivity contribution in [1.82, 2.24) is 9.62 Å². The van der Waals surface area contributed by atoms with Crippen LogP contribution in [0.15, 0.2) is 53.4 Å². The summed E-state index contributed by atoms with van der Waals surface area (Å²) >= 11 is 0. The number of benzene rings is 2. The van der Waals surface area contributed by atoms with Gasteiger partial charge in [0.25, 0.3) is 5.91 Å². The van der Waals surface area contributed by atoms with Crippen LogP contribution in [0.25, 0.3) is 0 Å². The maximum Gasteiger partial charge on any atom is 0.312 e. The molecule has 0 bridgehead atoms. The molecule has 0 atom stereocenters. The van der Waals surface area contributed by atoms with Crippen molar-refractivity contribution in [2.45, 2.75) is 25.3 Å². The number of ether oxygens (including phenoxy) is 1.